The van der Waals surface area contributed by atoms with Crippen LogP contribution >= 0.6 is 0 Å². The maximum absolute atomic E-state index is 5.55. The van der Waals surface area contributed by atoms with Crippen molar-refractivity contribution in [1.29, 1.82) is 0 Å². The van der Waals surface area contributed by atoms with Crippen LogP contribution in [0.1, 0.15) is 31.2 Å². The second-order valence-corrected chi connectivity index (χ2v) is 4.16. The third-order valence-electron chi connectivity index (χ3n) is 2.46. The Morgan fingerprint density at radius 3 is 2.75 bits per heavy atom. The van der Waals surface area contributed by atoms with Gasteiger partial charge in [-0.05, 0) is 11.6 Å². The Labute approximate surface area is 95.1 Å². The summed E-state index contributed by atoms with van der Waals surface area (Å²) in [5, 5.41) is 0. The Kier molecular flexibility index (Phi) is 2.90. The van der Waals surface area contributed by atoms with Crippen LogP contribution in [0.15, 0.2) is 30.7 Å². The number of hydrogen-bond acceptors (Lipinski definition) is 3. The zero-order valence-corrected chi connectivity index (χ0v) is 9.59. The van der Waals surface area contributed by atoms with Gasteiger partial charge in [0.15, 0.2) is 0 Å². The quantitative estimate of drug-likeness (QED) is 0.854. The van der Waals surface area contributed by atoms with Crippen LogP contribution in [0, 0.1) is 0 Å². The maximum Gasteiger partial charge on any atom is 0.123 e. The van der Waals surface area contributed by atoms with E-state index in [4.69, 9.17) is 5.73 Å². The summed E-state index contributed by atoms with van der Waals surface area (Å²) in [7, 11) is 0. The number of rotatable bonds is 3. The molecule has 84 valence electrons. The second kappa shape index (κ2) is 4.35. The van der Waals surface area contributed by atoms with Gasteiger partial charge in [0.25, 0.3) is 0 Å². The highest BCUT2D eigenvalue weighted by Crippen LogP contribution is 2.13. The van der Waals surface area contributed by atoms with E-state index in [0.29, 0.717) is 11.7 Å². The van der Waals surface area contributed by atoms with Gasteiger partial charge in [-0.3, -0.25) is 0 Å². The van der Waals surface area contributed by atoms with Crippen molar-refractivity contribution in [3.05, 3.63) is 42.1 Å². The minimum atomic E-state index is 0.428. The van der Waals surface area contributed by atoms with Crippen molar-refractivity contribution in [3.8, 4) is 0 Å². The third kappa shape index (κ3) is 2.21. The first-order valence-electron chi connectivity index (χ1n) is 5.38. The molecular formula is C12H16N4. The van der Waals surface area contributed by atoms with Crippen LogP contribution in [0.2, 0.25) is 0 Å². The molecule has 0 saturated carbocycles. The molecule has 0 aliphatic heterocycles. The molecule has 2 heterocycles. The van der Waals surface area contributed by atoms with Gasteiger partial charge < -0.3 is 10.3 Å². The smallest absolute Gasteiger partial charge is 0.123 e. The van der Waals surface area contributed by atoms with Crippen LogP contribution in [0.4, 0.5) is 5.82 Å². The largest absolute Gasteiger partial charge is 0.384 e. The molecule has 2 N–H and O–H groups in total. The van der Waals surface area contributed by atoms with E-state index in [0.717, 1.165) is 17.9 Å². The number of pyridine rings is 1. The van der Waals surface area contributed by atoms with Crippen molar-refractivity contribution < 1.29 is 0 Å². The first kappa shape index (κ1) is 10.7. The maximum atomic E-state index is 5.55. The monoisotopic (exact) mass is 216 g/mol. The fraction of sp³-hybridized carbons (Fsp3) is 0.333. The number of nitrogens with zero attached hydrogens (tertiary/aromatic N) is 3. The van der Waals surface area contributed by atoms with Crippen LogP contribution in [0.5, 0.6) is 0 Å². The van der Waals surface area contributed by atoms with Gasteiger partial charge in [-0.1, -0.05) is 19.9 Å². The summed E-state index contributed by atoms with van der Waals surface area (Å²) < 4.78 is 2.14. The SMILES string of the molecule is CC(C)c1nccn1Cc1ccc(N)nc1. The first-order chi connectivity index (χ1) is 7.66. The zero-order chi connectivity index (χ0) is 11.5. The van der Waals surface area contributed by atoms with Gasteiger partial charge in [0, 0.05) is 24.5 Å². The first-order valence-corrected chi connectivity index (χ1v) is 5.38. The Morgan fingerprint density at radius 1 is 1.31 bits per heavy atom. The molecule has 2 aromatic heterocycles. The van der Waals surface area contributed by atoms with E-state index in [2.05, 4.69) is 28.4 Å². The summed E-state index contributed by atoms with van der Waals surface area (Å²) in [5.74, 6) is 2.08. The normalized spacial score (nSPS) is 10.9. The van der Waals surface area contributed by atoms with E-state index in [1.165, 1.54) is 0 Å². The number of nitrogens with two attached hydrogens (primary N) is 1. The minimum absolute atomic E-state index is 0.428. The van der Waals surface area contributed by atoms with Gasteiger partial charge in [0.05, 0.1) is 6.54 Å². The van der Waals surface area contributed by atoms with E-state index in [1.807, 2.05) is 24.5 Å². The Bertz CT molecular complexity index is 456. The van der Waals surface area contributed by atoms with Gasteiger partial charge in [-0.15, -0.1) is 0 Å². The van der Waals surface area contributed by atoms with Crippen LogP contribution in [-0.4, -0.2) is 14.5 Å². The Hall–Kier alpha value is -1.84. The highest BCUT2D eigenvalue weighted by atomic mass is 15.1. The minimum Gasteiger partial charge on any atom is -0.384 e. The predicted octanol–water partition coefficient (Wildman–Crippen LogP) is 2.03. The summed E-state index contributed by atoms with van der Waals surface area (Å²) in [6.45, 7) is 5.07. The molecular weight excluding hydrogens is 200 g/mol. The highest BCUT2D eigenvalue weighted by molar-refractivity contribution is 5.29. The van der Waals surface area contributed by atoms with E-state index in [1.54, 1.807) is 6.20 Å². The molecule has 0 aliphatic rings. The summed E-state index contributed by atoms with van der Waals surface area (Å²) in [5.41, 5.74) is 6.68. The van der Waals surface area contributed by atoms with Gasteiger partial charge >= 0.3 is 0 Å². The summed E-state index contributed by atoms with van der Waals surface area (Å²) in [6, 6.07) is 3.81. The molecule has 2 aromatic rings. The lowest BCUT2D eigenvalue weighted by molar-refractivity contribution is 0.668. The molecule has 2 rings (SSSR count). The third-order valence-corrected chi connectivity index (χ3v) is 2.46. The number of imidazole rings is 1. The second-order valence-electron chi connectivity index (χ2n) is 4.16. The summed E-state index contributed by atoms with van der Waals surface area (Å²) >= 11 is 0. The molecule has 0 fully saturated rings. The molecule has 16 heavy (non-hydrogen) atoms. The van der Waals surface area contributed by atoms with Gasteiger partial charge in [-0.2, -0.15) is 0 Å². The van der Waals surface area contributed by atoms with E-state index >= 15 is 0 Å². The lowest BCUT2D eigenvalue weighted by Gasteiger charge is -2.10. The number of aromatic nitrogens is 3. The zero-order valence-electron chi connectivity index (χ0n) is 9.59. The Balaban J connectivity index is 2.20. The summed E-state index contributed by atoms with van der Waals surface area (Å²) in [6.07, 6.45) is 5.63. The fourth-order valence-corrected chi connectivity index (χ4v) is 1.68. The molecule has 0 unspecified atom stereocenters. The van der Waals surface area contributed by atoms with Gasteiger partial charge in [0.1, 0.15) is 11.6 Å². The number of nitrogen functional groups attached to an aromatic ring is 1. The van der Waals surface area contributed by atoms with Crippen molar-refractivity contribution in [2.24, 2.45) is 0 Å². The average Bonchev–Trinajstić information content (AvgIpc) is 2.69. The van der Waals surface area contributed by atoms with E-state index in [9.17, 15) is 0 Å². The number of hydrogen-bond donors (Lipinski definition) is 1. The fourth-order valence-electron chi connectivity index (χ4n) is 1.68. The van der Waals surface area contributed by atoms with Crippen molar-refractivity contribution >= 4 is 5.82 Å². The molecule has 0 saturated heterocycles. The van der Waals surface area contributed by atoms with E-state index < -0.39 is 0 Å². The highest BCUT2D eigenvalue weighted by Gasteiger charge is 2.07. The number of anilines is 1. The molecule has 0 amide bonds. The molecule has 0 bridgehead atoms. The molecule has 4 heteroatoms. The standard InChI is InChI=1S/C12H16N4/c1-9(2)12-14-5-6-16(12)8-10-3-4-11(13)15-7-10/h3-7,9H,8H2,1-2H3,(H2,13,15). The lowest BCUT2D eigenvalue weighted by Crippen LogP contribution is -2.06. The summed E-state index contributed by atoms with van der Waals surface area (Å²) in [4.78, 5) is 8.43. The lowest BCUT2D eigenvalue weighted by atomic mass is 10.2. The molecule has 0 aromatic carbocycles. The van der Waals surface area contributed by atoms with Crippen molar-refractivity contribution in [2.75, 3.05) is 5.73 Å². The molecule has 4 nitrogen and oxygen atoms in total. The van der Waals surface area contributed by atoms with Crippen LogP contribution < -0.4 is 5.73 Å². The van der Waals surface area contributed by atoms with Crippen molar-refractivity contribution in [1.82, 2.24) is 14.5 Å². The van der Waals surface area contributed by atoms with Crippen LogP contribution in [0.25, 0.3) is 0 Å². The van der Waals surface area contributed by atoms with Gasteiger partial charge in [0.2, 0.25) is 0 Å². The molecule has 0 aliphatic carbocycles. The van der Waals surface area contributed by atoms with Crippen LogP contribution in [0.3, 0.4) is 0 Å². The molecule has 0 radical (unpaired) electrons. The predicted molar refractivity (Wildman–Crippen MR) is 64.1 cm³/mol. The molecule has 0 spiro atoms. The topological polar surface area (TPSA) is 56.7 Å². The Morgan fingerprint density at radius 2 is 2.12 bits per heavy atom. The van der Waals surface area contributed by atoms with Crippen molar-refractivity contribution in [3.63, 3.8) is 0 Å². The van der Waals surface area contributed by atoms with Gasteiger partial charge in [-0.25, -0.2) is 9.97 Å². The van der Waals surface area contributed by atoms with Crippen molar-refractivity contribution in [2.45, 2.75) is 26.3 Å². The van der Waals surface area contributed by atoms with E-state index in [-0.39, 0.29) is 0 Å². The molecule has 0 atom stereocenters. The van der Waals surface area contributed by atoms with Crippen LogP contribution in [-0.2, 0) is 6.54 Å². The average molecular weight is 216 g/mol.